The van der Waals surface area contributed by atoms with Gasteiger partial charge in [-0.05, 0) is 31.0 Å². The maximum Gasteiger partial charge on any atom is 0.0749 e. The first-order valence-electron chi connectivity index (χ1n) is 5.53. The fourth-order valence-electron chi connectivity index (χ4n) is 1.56. The molecule has 0 radical (unpaired) electrons. The number of rotatable bonds is 5. The van der Waals surface area contributed by atoms with Crippen LogP contribution < -0.4 is 16.6 Å². The van der Waals surface area contributed by atoms with E-state index in [-0.39, 0.29) is 0 Å². The van der Waals surface area contributed by atoms with Gasteiger partial charge >= 0.3 is 0 Å². The van der Waals surface area contributed by atoms with E-state index in [0.29, 0.717) is 0 Å². The highest BCUT2D eigenvalue weighted by Crippen LogP contribution is 2.22. The van der Waals surface area contributed by atoms with Gasteiger partial charge in [0.25, 0.3) is 0 Å². The zero-order valence-corrected chi connectivity index (χ0v) is 9.66. The van der Waals surface area contributed by atoms with E-state index in [9.17, 15) is 0 Å². The van der Waals surface area contributed by atoms with E-state index in [2.05, 4.69) is 6.92 Å². The van der Waals surface area contributed by atoms with E-state index in [0.717, 1.165) is 24.3 Å². The Morgan fingerprint density at radius 2 is 2.00 bits per heavy atom. The van der Waals surface area contributed by atoms with Crippen molar-refractivity contribution in [1.29, 1.82) is 0 Å². The Morgan fingerprint density at radius 1 is 1.27 bits per heavy atom. The van der Waals surface area contributed by atoms with Crippen molar-refractivity contribution in [1.82, 2.24) is 0 Å². The Bertz CT molecular complexity index is 310. The van der Waals surface area contributed by atoms with Crippen molar-refractivity contribution in [2.45, 2.75) is 33.1 Å². The van der Waals surface area contributed by atoms with Crippen molar-refractivity contribution < 1.29 is 0 Å². The van der Waals surface area contributed by atoms with Crippen molar-refractivity contribution in [2.75, 3.05) is 17.3 Å². The molecule has 0 aliphatic carbocycles. The predicted octanol–water partition coefficient (Wildman–Crippen LogP) is 2.45. The van der Waals surface area contributed by atoms with Crippen LogP contribution in [0.3, 0.4) is 0 Å². The maximum atomic E-state index is 5.96. The zero-order valence-electron chi connectivity index (χ0n) is 9.66. The second-order valence-electron chi connectivity index (χ2n) is 3.96. The second-order valence-corrected chi connectivity index (χ2v) is 3.96. The molecule has 0 atom stereocenters. The van der Waals surface area contributed by atoms with Gasteiger partial charge in [-0.25, -0.2) is 5.84 Å². The minimum atomic E-state index is 0.750. The van der Waals surface area contributed by atoms with Gasteiger partial charge < -0.3 is 10.7 Å². The van der Waals surface area contributed by atoms with Crippen LogP contribution in [0.15, 0.2) is 18.2 Å². The van der Waals surface area contributed by atoms with Gasteiger partial charge in [-0.15, -0.1) is 0 Å². The molecule has 4 N–H and O–H groups in total. The Labute approximate surface area is 92.0 Å². The standard InChI is InChI=1S/C12H21N3/c1-3-4-5-8-15(14)12-9-10(2)6-7-11(12)13/h6-7,9H,3-5,8,13-14H2,1-2H3. The minimum Gasteiger partial charge on any atom is -0.397 e. The van der Waals surface area contributed by atoms with Gasteiger partial charge in [-0.3, -0.25) is 0 Å². The van der Waals surface area contributed by atoms with Crippen LogP contribution in [0.4, 0.5) is 11.4 Å². The van der Waals surface area contributed by atoms with Crippen molar-refractivity contribution in [3.8, 4) is 0 Å². The van der Waals surface area contributed by atoms with E-state index in [1.807, 2.05) is 25.1 Å². The zero-order chi connectivity index (χ0) is 11.3. The van der Waals surface area contributed by atoms with Gasteiger partial charge in [0.2, 0.25) is 0 Å². The molecule has 0 aromatic heterocycles. The summed E-state index contributed by atoms with van der Waals surface area (Å²) in [5, 5.41) is 1.75. The normalized spacial score (nSPS) is 10.3. The average molecular weight is 207 g/mol. The summed E-state index contributed by atoms with van der Waals surface area (Å²) in [5.74, 6) is 5.96. The molecule has 0 saturated heterocycles. The third-order valence-corrected chi connectivity index (χ3v) is 2.50. The predicted molar refractivity (Wildman–Crippen MR) is 66.6 cm³/mol. The van der Waals surface area contributed by atoms with Crippen LogP contribution in [-0.2, 0) is 0 Å². The Morgan fingerprint density at radius 3 is 2.67 bits per heavy atom. The molecule has 3 heteroatoms. The van der Waals surface area contributed by atoms with Crippen LogP contribution in [-0.4, -0.2) is 6.54 Å². The van der Waals surface area contributed by atoms with Crippen molar-refractivity contribution >= 4 is 11.4 Å². The quantitative estimate of drug-likeness (QED) is 0.337. The maximum absolute atomic E-state index is 5.96. The van der Waals surface area contributed by atoms with Gasteiger partial charge in [0, 0.05) is 6.54 Å². The van der Waals surface area contributed by atoms with E-state index in [4.69, 9.17) is 11.6 Å². The van der Waals surface area contributed by atoms with Crippen LogP contribution in [0.25, 0.3) is 0 Å². The average Bonchev–Trinajstić information content (AvgIpc) is 2.22. The first-order chi connectivity index (χ1) is 7.15. The van der Waals surface area contributed by atoms with Crippen molar-refractivity contribution in [3.05, 3.63) is 23.8 Å². The molecule has 1 aromatic rings. The summed E-state index contributed by atoms with van der Waals surface area (Å²) in [6.07, 6.45) is 3.52. The molecule has 0 saturated carbocycles. The lowest BCUT2D eigenvalue weighted by molar-refractivity contribution is 0.688. The molecule has 1 rings (SSSR count). The van der Waals surface area contributed by atoms with Gasteiger partial charge in [-0.2, -0.15) is 0 Å². The van der Waals surface area contributed by atoms with Crippen molar-refractivity contribution in [3.63, 3.8) is 0 Å². The molecule has 84 valence electrons. The summed E-state index contributed by atoms with van der Waals surface area (Å²) in [6, 6.07) is 5.93. The fourth-order valence-corrected chi connectivity index (χ4v) is 1.56. The molecule has 0 heterocycles. The van der Waals surface area contributed by atoms with E-state index >= 15 is 0 Å². The molecule has 1 aromatic carbocycles. The van der Waals surface area contributed by atoms with Gasteiger partial charge in [0.05, 0.1) is 11.4 Å². The highest BCUT2D eigenvalue weighted by atomic mass is 15.4. The summed E-state index contributed by atoms with van der Waals surface area (Å²) in [7, 11) is 0. The summed E-state index contributed by atoms with van der Waals surface area (Å²) < 4.78 is 0. The second kappa shape index (κ2) is 5.61. The molecular weight excluding hydrogens is 186 g/mol. The summed E-state index contributed by atoms with van der Waals surface area (Å²) >= 11 is 0. The Balaban J connectivity index is 2.64. The number of aryl methyl sites for hydroxylation is 1. The summed E-state index contributed by atoms with van der Waals surface area (Å²) in [4.78, 5) is 0. The topological polar surface area (TPSA) is 55.3 Å². The summed E-state index contributed by atoms with van der Waals surface area (Å²) in [5.41, 5.74) is 8.74. The lowest BCUT2D eigenvalue weighted by atomic mass is 10.2. The SMILES string of the molecule is CCCCCN(N)c1cc(C)ccc1N. The smallest absolute Gasteiger partial charge is 0.0749 e. The van der Waals surface area contributed by atoms with Gasteiger partial charge in [-0.1, -0.05) is 25.8 Å². The fraction of sp³-hybridized carbons (Fsp3) is 0.500. The number of benzene rings is 1. The number of hydrazine groups is 1. The highest BCUT2D eigenvalue weighted by molar-refractivity contribution is 5.67. The molecule has 0 fully saturated rings. The number of nitrogen functional groups attached to an aromatic ring is 1. The number of nitrogens with zero attached hydrogens (tertiary/aromatic N) is 1. The molecule has 3 nitrogen and oxygen atoms in total. The third kappa shape index (κ3) is 3.44. The van der Waals surface area contributed by atoms with Crippen LogP contribution in [0.5, 0.6) is 0 Å². The number of hydrogen-bond donors (Lipinski definition) is 2. The molecular formula is C12H21N3. The number of nitrogens with two attached hydrogens (primary N) is 2. The first kappa shape index (κ1) is 11.9. The van der Waals surface area contributed by atoms with Gasteiger partial charge in [0.15, 0.2) is 0 Å². The third-order valence-electron chi connectivity index (χ3n) is 2.50. The minimum absolute atomic E-state index is 0.750. The van der Waals surface area contributed by atoms with Crippen LogP contribution in [0.1, 0.15) is 31.7 Å². The molecule has 0 amide bonds. The number of hydrogen-bond acceptors (Lipinski definition) is 3. The Hall–Kier alpha value is -1.22. The largest absolute Gasteiger partial charge is 0.397 e. The van der Waals surface area contributed by atoms with Crippen molar-refractivity contribution in [2.24, 2.45) is 5.84 Å². The summed E-state index contributed by atoms with van der Waals surface area (Å²) in [6.45, 7) is 5.09. The lowest BCUT2D eigenvalue weighted by Gasteiger charge is -2.20. The number of unbranched alkanes of at least 4 members (excludes halogenated alkanes) is 2. The van der Waals surface area contributed by atoms with Crippen LogP contribution >= 0.6 is 0 Å². The molecule has 0 unspecified atom stereocenters. The molecule has 0 aliphatic heterocycles. The van der Waals surface area contributed by atoms with Crippen LogP contribution in [0, 0.1) is 6.92 Å². The van der Waals surface area contributed by atoms with E-state index in [1.54, 1.807) is 5.01 Å². The molecule has 0 aliphatic rings. The lowest BCUT2D eigenvalue weighted by Crippen LogP contribution is -2.32. The van der Waals surface area contributed by atoms with E-state index in [1.165, 1.54) is 18.4 Å². The van der Waals surface area contributed by atoms with Gasteiger partial charge in [0.1, 0.15) is 0 Å². The number of anilines is 2. The molecule has 0 bridgehead atoms. The molecule has 0 spiro atoms. The molecule has 15 heavy (non-hydrogen) atoms. The monoisotopic (exact) mass is 207 g/mol. The highest BCUT2D eigenvalue weighted by Gasteiger charge is 2.05. The first-order valence-corrected chi connectivity index (χ1v) is 5.53. The van der Waals surface area contributed by atoms with Crippen LogP contribution in [0.2, 0.25) is 0 Å². The Kier molecular flexibility index (Phi) is 4.43. The van der Waals surface area contributed by atoms with E-state index < -0.39 is 0 Å².